The summed E-state index contributed by atoms with van der Waals surface area (Å²) in [5, 5.41) is 2.48. The number of hydrogen-bond donors (Lipinski definition) is 1. The number of carbonyl (C=O) groups is 2. The van der Waals surface area contributed by atoms with Gasteiger partial charge in [0.05, 0.1) is 0 Å². The number of rotatable bonds is 8. The summed E-state index contributed by atoms with van der Waals surface area (Å²) in [5.41, 5.74) is 0.255. The first kappa shape index (κ1) is 19.8. The van der Waals surface area contributed by atoms with Gasteiger partial charge < -0.3 is 14.8 Å². The Bertz CT molecular complexity index is 635. The van der Waals surface area contributed by atoms with Gasteiger partial charge in [-0.25, -0.2) is 4.79 Å². The monoisotopic (exact) mass is 403 g/mol. The molecule has 0 aliphatic carbocycles. The van der Waals surface area contributed by atoms with E-state index in [0.717, 1.165) is 6.08 Å². The lowest BCUT2D eigenvalue weighted by atomic mass is 10.2. The van der Waals surface area contributed by atoms with E-state index in [1.165, 1.54) is 37.3 Å². The molecule has 0 heterocycles. The Kier molecular flexibility index (Phi) is 8.11. The molecule has 8 heteroatoms. The van der Waals surface area contributed by atoms with E-state index in [1.807, 2.05) is 0 Å². The molecular formula is C16H16BrF2NO4. The molecule has 1 amide bonds. The molecule has 0 fully saturated rings. The van der Waals surface area contributed by atoms with Crippen LogP contribution in [0.4, 0.5) is 8.78 Å². The van der Waals surface area contributed by atoms with Crippen molar-refractivity contribution in [2.24, 2.45) is 0 Å². The Balaban J connectivity index is 2.74. The number of esters is 1. The van der Waals surface area contributed by atoms with Crippen LogP contribution in [0.5, 0.6) is 5.75 Å². The first-order chi connectivity index (χ1) is 11.3. The third-order valence-corrected chi connectivity index (χ3v) is 3.16. The van der Waals surface area contributed by atoms with Crippen molar-refractivity contribution in [3.8, 4) is 5.75 Å². The second-order valence-electron chi connectivity index (χ2n) is 4.51. The summed E-state index contributed by atoms with van der Waals surface area (Å²) < 4.78 is 34.6. The van der Waals surface area contributed by atoms with Crippen LogP contribution in [-0.4, -0.2) is 31.1 Å². The van der Waals surface area contributed by atoms with Crippen LogP contribution in [0.3, 0.4) is 0 Å². The predicted octanol–water partition coefficient (Wildman–Crippen LogP) is 3.30. The quantitative estimate of drug-likeness (QED) is 0.410. The Morgan fingerprint density at radius 1 is 1.42 bits per heavy atom. The van der Waals surface area contributed by atoms with Gasteiger partial charge in [-0.15, -0.1) is 6.58 Å². The number of hydrogen-bond acceptors (Lipinski definition) is 4. The Morgan fingerprint density at radius 2 is 2.12 bits per heavy atom. The molecule has 1 aromatic rings. The third-order valence-electron chi connectivity index (χ3n) is 2.67. The van der Waals surface area contributed by atoms with Gasteiger partial charge in [0.2, 0.25) is 0 Å². The summed E-state index contributed by atoms with van der Waals surface area (Å²) >= 11 is 3.20. The van der Waals surface area contributed by atoms with Crippen LogP contribution < -0.4 is 10.1 Å². The zero-order valence-corrected chi connectivity index (χ0v) is 14.4. The normalized spacial score (nSPS) is 12.0. The molecule has 1 rings (SSSR count). The summed E-state index contributed by atoms with van der Waals surface area (Å²) in [6.45, 7) is 2.13. The average molecular weight is 404 g/mol. The lowest BCUT2D eigenvalue weighted by Gasteiger charge is -2.11. The number of halogens is 3. The fourth-order valence-corrected chi connectivity index (χ4v) is 1.97. The average Bonchev–Trinajstić information content (AvgIpc) is 2.52. The van der Waals surface area contributed by atoms with Crippen molar-refractivity contribution >= 4 is 33.9 Å². The lowest BCUT2D eigenvalue weighted by Crippen LogP contribution is -2.35. The van der Waals surface area contributed by atoms with E-state index < -0.39 is 24.6 Å². The van der Waals surface area contributed by atoms with E-state index in [2.05, 4.69) is 32.6 Å². The van der Waals surface area contributed by atoms with Gasteiger partial charge in [-0.2, -0.15) is 8.78 Å². The summed E-state index contributed by atoms with van der Waals surface area (Å²) in [4.78, 5) is 23.3. The van der Waals surface area contributed by atoms with Gasteiger partial charge in [-0.3, -0.25) is 4.79 Å². The van der Waals surface area contributed by atoms with Crippen molar-refractivity contribution in [3.05, 3.63) is 47.0 Å². The van der Waals surface area contributed by atoms with E-state index >= 15 is 0 Å². The van der Waals surface area contributed by atoms with Gasteiger partial charge in [0.15, 0.2) is 6.10 Å². The van der Waals surface area contributed by atoms with Gasteiger partial charge >= 0.3 is 12.6 Å². The second-order valence-corrected chi connectivity index (χ2v) is 5.42. The van der Waals surface area contributed by atoms with Gasteiger partial charge in [-0.1, -0.05) is 22.0 Å². The number of amides is 1. The highest BCUT2D eigenvalue weighted by molar-refractivity contribution is 9.10. The standard InChI is InChI=1S/C16H16BrF2NO4/c1-3-8-20-15(22)10(2)23-14(21)7-4-11-9-12(17)5-6-13(11)24-16(18)19/h3-7,9-10,16H,1,8H2,2H3,(H,20,22)/b7-4+/t10-/m1/s1. The van der Waals surface area contributed by atoms with Crippen LogP contribution in [-0.2, 0) is 14.3 Å². The lowest BCUT2D eigenvalue weighted by molar-refractivity contribution is -0.150. The molecule has 24 heavy (non-hydrogen) atoms. The molecule has 130 valence electrons. The van der Waals surface area contributed by atoms with Crippen molar-refractivity contribution < 1.29 is 27.8 Å². The van der Waals surface area contributed by atoms with Crippen LogP contribution in [0, 0.1) is 0 Å². The van der Waals surface area contributed by atoms with Crippen molar-refractivity contribution in [2.45, 2.75) is 19.6 Å². The fraction of sp³-hybridized carbons (Fsp3) is 0.250. The summed E-state index contributed by atoms with van der Waals surface area (Å²) in [7, 11) is 0. The van der Waals surface area contributed by atoms with Gasteiger partial charge in [0.25, 0.3) is 5.91 Å². The number of ether oxygens (including phenoxy) is 2. The number of alkyl halides is 2. The van der Waals surface area contributed by atoms with E-state index in [9.17, 15) is 18.4 Å². The van der Waals surface area contributed by atoms with Crippen LogP contribution in [0.15, 0.2) is 41.4 Å². The van der Waals surface area contributed by atoms with Crippen molar-refractivity contribution in [1.29, 1.82) is 0 Å². The minimum absolute atomic E-state index is 0.0889. The molecular weight excluding hydrogens is 388 g/mol. The zero-order valence-electron chi connectivity index (χ0n) is 12.8. The highest BCUT2D eigenvalue weighted by Crippen LogP contribution is 2.26. The number of benzene rings is 1. The highest BCUT2D eigenvalue weighted by Gasteiger charge is 2.15. The summed E-state index contributed by atoms with van der Waals surface area (Å²) in [6.07, 6.45) is 2.78. The molecule has 1 atom stereocenters. The molecule has 0 aliphatic rings. The minimum Gasteiger partial charge on any atom is -0.449 e. The van der Waals surface area contributed by atoms with Gasteiger partial charge in [0.1, 0.15) is 5.75 Å². The molecule has 1 aromatic carbocycles. The molecule has 5 nitrogen and oxygen atoms in total. The molecule has 0 saturated carbocycles. The van der Waals surface area contributed by atoms with E-state index in [4.69, 9.17) is 4.74 Å². The second kappa shape index (κ2) is 9.82. The van der Waals surface area contributed by atoms with Crippen molar-refractivity contribution in [1.82, 2.24) is 5.32 Å². The van der Waals surface area contributed by atoms with E-state index in [1.54, 1.807) is 0 Å². The SMILES string of the molecule is C=CCNC(=O)[C@@H](C)OC(=O)/C=C/c1cc(Br)ccc1OC(F)F. The first-order valence-electron chi connectivity index (χ1n) is 6.85. The van der Waals surface area contributed by atoms with Crippen LogP contribution >= 0.6 is 15.9 Å². The molecule has 0 radical (unpaired) electrons. The third kappa shape index (κ3) is 6.91. The smallest absolute Gasteiger partial charge is 0.387 e. The molecule has 0 spiro atoms. The fourth-order valence-electron chi connectivity index (χ4n) is 1.59. The molecule has 0 bridgehead atoms. The molecule has 1 N–H and O–H groups in total. The topological polar surface area (TPSA) is 64.6 Å². The van der Waals surface area contributed by atoms with Crippen LogP contribution in [0.2, 0.25) is 0 Å². The highest BCUT2D eigenvalue weighted by atomic mass is 79.9. The number of carbonyl (C=O) groups excluding carboxylic acids is 2. The predicted molar refractivity (Wildman–Crippen MR) is 88.6 cm³/mol. The van der Waals surface area contributed by atoms with Gasteiger partial charge in [0, 0.05) is 22.7 Å². The Labute approximate surface area is 146 Å². The van der Waals surface area contributed by atoms with Crippen LogP contribution in [0.25, 0.3) is 6.08 Å². The number of nitrogens with one attached hydrogen (secondary N) is 1. The largest absolute Gasteiger partial charge is 0.449 e. The Morgan fingerprint density at radius 3 is 2.75 bits per heavy atom. The maximum atomic E-state index is 12.4. The van der Waals surface area contributed by atoms with Crippen molar-refractivity contribution in [2.75, 3.05) is 6.54 Å². The maximum absolute atomic E-state index is 12.4. The van der Waals surface area contributed by atoms with Crippen LogP contribution in [0.1, 0.15) is 12.5 Å². The molecule has 0 saturated heterocycles. The minimum atomic E-state index is -2.99. The zero-order chi connectivity index (χ0) is 18.1. The molecule has 0 aromatic heterocycles. The van der Waals surface area contributed by atoms with Gasteiger partial charge in [-0.05, 0) is 31.2 Å². The Hall–Kier alpha value is -2.22. The first-order valence-corrected chi connectivity index (χ1v) is 7.64. The molecule has 0 aliphatic heterocycles. The molecule has 0 unspecified atom stereocenters. The van der Waals surface area contributed by atoms with E-state index in [-0.39, 0.29) is 17.9 Å². The summed E-state index contributed by atoms with van der Waals surface area (Å²) in [5.74, 6) is -1.35. The van der Waals surface area contributed by atoms with E-state index in [0.29, 0.717) is 4.47 Å². The van der Waals surface area contributed by atoms with Crippen molar-refractivity contribution in [3.63, 3.8) is 0 Å². The summed E-state index contributed by atoms with van der Waals surface area (Å²) in [6, 6.07) is 4.37. The maximum Gasteiger partial charge on any atom is 0.387 e.